The fourth-order valence-corrected chi connectivity index (χ4v) is 3.05. The lowest BCUT2D eigenvalue weighted by Gasteiger charge is -2.10. The third-order valence-electron chi connectivity index (χ3n) is 4.86. The number of pyridine rings is 1. The van der Waals surface area contributed by atoms with Crippen LogP contribution in [0.25, 0.3) is 17.3 Å². The summed E-state index contributed by atoms with van der Waals surface area (Å²) in [4.78, 5) is 21.5. The number of aromatic nitrogens is 5. The Labute approximate surface area is 180 Å². The Kier molecular flexibility index (Phi) is 5.37. The van der Waals surface area contributed by atoms with Crippen LogP contribution in [0.5, 0.6) is 0 Å². The van der Waals surface area contributed by atoms with Crippen LogP contribution < -0.4 is 5.32 Å². The molecule has 0 saturated heterocycles. The molecule has 4 rings (SSSR count). The smallest absolute Gasteiger partial charge is 0.258 e. The fourth-order valence-electron chi connectivity index (χ4n) is 3.05. The van der Waals surface area contributed by atoms with Gasteiger partial charge in [-0.1, -0.05) is 56.3 Å². The van der Waals surface area contributed by atoms with Gasteiger partial charge < -0.3 is 9.84 Å². The van der Waals surface area contributed by atoms with Gasteiger partial charge in [-0.05, 0) is 24.6 Å². The fraction of sp³-hybridized carbons (Fsp3) is 0.261. The Morgan fingerprint density at radius 2 is 1.94 bits per heavy atom. The molecule has 0 saturated carbocycles. The molecule has 0 aliphatic heterocycles. The SMILES string of the molecule is Cc1c(C(=O)NCc2ccccc2)cnn1-c1cc(-c2nc(C(C)(C)C)no2)ccn1. The van der Waals surface area contributed by atoms with Crippen molar-refractivity contribution < 1.29 is 9.32 Å². The summed E-state index contributed by atoms with van der Waals surface area (Å²) in [5.74, 6) is 1.43. The van der Waals surface area contributed by atoms with Crippen molar-refractivity contribution in [2.45, 2.75) is 39.7 Å². The molecule has 3 aromatic heterocycles. The molecule has 1 amide bonds. The maximum atomic E-state index is 12.7. The second-order valence-corrected chi connectivity index (χ2v) is 8.30. The van der Waals surface area contributed by atoms with Crippen molar-refractivity contribution in [2.75, 3.05) is 0 Å². The summed E-state index contributed by atoms with van der Waals surface area (Å²) in [7, 11) is 0. The molecule has 0 radical (unpaired) electrons. The number of nitrogens with one attached hydrogen (secondary N) is 1. The van der Waals surface area contributed by atoms with Crippen LogP contribution in [0.2, 0.25) is 0 Å². The molecule has 8 nitrogen and oxygen atoms in total. The Morgan fingerprint density at radius 1 is 1.16 bits per heavy atom. The van der Waals surface area contributed by atoms with Gasteiger partial charge in [-0.3, -0.25) is 4.79 Å². The van der Waals surface area contributed by atoms with Gasteiger partial charge in [0.15, 0.2) is 11.6 Å². The van der Waals surface area contributed by atoms with Crippen LogP contribution in [0.1, 0.15) is 48.2 Å². The molecule has 1 N–H and O–H groups in total. The van der Waals surface area contributed by atoms with Crippen LogP contribution in [0.3, 0.4) is 0 Å². The van der Waals surface area contributed by atoms with Crippen molar-refractivity contribution >= 4 is 5.91 Å². The molecule has 0 fully saturated rings. The summed E-state index contributed by atoms with van der Waals surface area (Å²) in [6, 6.07) is 13.4. The van der Waals surface area contributed by atoms with Crippen molar-refractivity contribution in [3.8, 4) is 17.3 Å². The summed E-state index contributed by atoms with van der Waals surface area (Å²) in [5, 5.41) is 11.4. The Bertz CT molecular complexity index is 1200. The minimum atomic E-state index is -0.210. The highest BCUT2D eigenvalue weighted by molar-refractivity contribution is 5.95. The van der Waals surface area contributed by atoms with Gasteiger partial charge in [0.05, 0.1) is 17.5 Å². The Morgan fingerprint density at radius 3 is 2.65 bits per heavy atom. The summed E-state index contributed by atoms with van der Waals surface area (Å²) >= 11 is 0. The first-order valence-electron chi connectivity index (χ1n) is 10.0. The predicted octanol–water partition coefficient (Wildman–Crippen LogP) is 3.85. The minimum absolute atomic E-state index is 0.185. The Balaban J connectivity index is 1.55. The lowest BCUT2D eigenvalue weighted by atomic mass is 9.96. The summed E-state index contributed by atoms with van der Waals surface area (Å²) in [5.41, 5.74) is 2.74. The van der Waals surface area contributed by atoms with E-state index in [0.29, 0.717) is 35.3 Å². The first kappa shape index (κ1) is 20.5. The second kappa shape index (κ2) is 8.14. The molecule has 0 aliphatic carbocycles. The highest BCUT2D eigenvalue weighted by Crippen LogP contribution is 2.24. The van der Waals surface area contributed by atoms with E-state index in [-0.39, 0.29) is 11.3 Å². The zero-order chi connectivity index (χ0) is 22.0. The molecule has 158 valence electrons. The zero-order valence-corrected chi connectivity index (χ0v) is 18.0. The lowest BCUT2D eigenvalue weighted by molar-refractivity contribution is 0.0950. The average Bonchev–Trinajstić information content (AvgIpc) is 3.40. The van der Waals surface area contributed by atoms with Gasteiger partial charge in [0.1, 0.15) is 0 Å². The maximum absolute atomic E-state index is 12.7. The van der Waals surface area contributed by atoms with Crippen LogP contribution in [0.15, 0.2) is 59.4 Å². The van der Waals surface area contributed by atoms with Gasteiger partial charge in [0, 0.05) is 23.7 Å². The van der Waals surface area contributed by atoms with E-state index in [1.807, 2.05) is 64.1 Å². The molecule has 0 atom stereocenters. The molecule has 0 spiro atoms. The third-order valence-corrected chi connectivity index (χ3v) is 4.86. The summed E-state index contributed by atoms with van der Waals surface area (Å²) < 4.78 is 7.06. The average molecular weight is 416 g/mol. The molecule has 31 heavy (non-hydrogen) atoms. The Hall–Kier alpha value is -3.81. The van der Waals surface area contributed by atoms with Crippen LogP contribution in [0.4, 0.5) is 0 Å². The van der Waals surface area contributed by atoms with Crippen molar-refractivity contribution in [1.82, 2.24) is 30.2 Å². The van der Waals surface area contributed by atoms with Crippen molar-refractivity contribution in [2.24, 2.45) is 0 Å². The topological polar surface area (TPSA) is 98.7 Å². The van der Waals surface area contributed by atoms with Crippen LogP contribution >= 0.6 is 0 Å². The number of benzene rings is 1. The largest absolute Gasteiger partial charge is 0.348 e. The van der Waals surface area contributed by atoms with Crippen molar-refractivity contribution in [1.29, 1.82) is 0 Å². The highest BCUT2D eigenvalue weighted by atomic mass is 16.5. The number of rotatable bonds is 5. The molecule has 0 unspecified atom stereocenters. The standard InChI is InChI=1S/C23H24N6O2/c1-15-18(20(30)25-13-16-8-6-5-7-9-16)14-26-29(15)19-12-17(10-11-24-19)21-27-22(28-31-21)23(2,3)4/h5-12,14H,13H2,1-4H3,(H,25,30). The normalized spacial score (nSPS) is 11.5. The van der Waals surface area contributed by atoms with Gasteiger partial charge in [-0.25, -0.2) is 9.67 Å². The van der Waals surface area contributed by atoms with Crippen LogP contribution in [-0.4, -0.2) is 30.8 Å². The quantitative estimate of drug-likeness (QED) is 0.530. The molecule has 0 aliphatic rings. The summed E-state index contributed by atoms with van der Waals surface area (Å²) in [6.07, 6.45) is 3.20. The first-order valence-corrected chi connectivity index (χ1v) is 10.0. The predicted molar refractivity (Wildman–Crippen MR) is 116 cm³/mol. The second-order valence-electron chi connectivity index (χ2n) is 8.30. The van der Waals surface area contributed by atoms with Gasteiger partial charge >= 0.3 is 0 Å². The molecule has 4 aromatic rings. The van der Waals surface area contributed by atoms with Crippen molar-refractivity contribution in [3.05, 3.63) is 77.5 Å². The number of hydrogen-bond acceptors (Lipinski definition) is 6. The van der Waals surface area contributed by atoms with Crippen molar-refractivity contribution in [3.63, 3.8) is 0 Å². The first-order chi connectivity index (χ1) is 14.8. The lowest BCUT2D eigenvalue weighted by Crippen LogP contribution is -2.23. The van der Waals surface area contributed by atoms with Gasteiger partial charge in [0.25, 0.3) is 11.8 Å². The molecular formula is C23H24N6O2. The van der Waals surface area contributed by atoms with Crippen LogP contribution in [-0.2, 0) is 12.0 Å². The van der Waals surface area contributed by atoms with E-state index in [1.165, 1.54) is 0 Å². The molecule has 3 heterocycles. The van der Waals surface area contributed by atoms with E-state index in [9.17, 15) is 4.79 Å². The number of carbonyl (C=O) groups is 1. The minimum Gasteiger partial charge on any atom is -0.348 e. The third kappa shape index (κ3) is 4.37. The van der Waals surface area contributed by atoms with E-state index >= 15 is 0 Å². The highest BCUT2D eigenvalue weighted by Gasteiger charge is 2.22. The number of amides is 1. The zero-order valence-electron chi connectivity index (χ0n) is 18.0. The molecule has 1 aromatic carbocycles. The van der Waals surface area contributed by atoms with Gasteiger partial charge in [-0.15, -0.1) is 0 Å². The monoisotopic (exact) mass is 416 g/mol. The number of carbonyl (C=O) groups excluding carboxylic acids is 1. The molecular weight excluding hydrogens is 392 g/mol. The number of nitrogens with zero attached hydrogens (tertiary/aromatic N) is 5. The van der Waals surface area contributed by atoms with E-state index in [2.05, 4.69) is 25.5 Å². The van der Waals surface area contributed by atoms with E-state index < -0.39 is 0 Å². The molecule has 8 heteroatoms. The maximum Gasteiger partial charge on any atom is 0.258 e. The van der Waals surface area contributed by atoms with Gasteiger partial charge in [0.2, 0.25) is 0 Å². The molecule has 0 bridgehead atoms. The van der Waals surface area contributed by atoms with E-state index in [1.54, 1.807) is 23.1 Å². The van der Waals surface area contributed by atoms with E-state index in [4.69, 9.17) is 4.52 Å². The van der Waals surface area contributed by atoms with E-state index in [0.717, 1.165) is 11.1 Å². The number of hydrogen-bond donors (Lipinski definition) is 1. The summed E-state index contributed by atoms with van der Waals surface area (Å²) in [6.45, 7) is 8.36. The van der Waals surface area contributed by atoms with Crippen LogP contribution in [0, 0.1) is 6.92 Å². The van der Waals surface area contributed by atoms with Gasteiger partial charge in [-0.2, -0.15) is 10.1 Å².